The molecule has 1 nitrogen and oxygen atoms in total. The lowest BCUT2D eigenvalue weighted by molar-refractivity contribution is 0.244. The van der Waals surface area contributed by atoms with Crippen LogP contribution in [0.2, 0.25) is 0 Å². The number of aliphatic hydroxyl groups is 1. The predicted molar refractivity (Wildman–Crippen MR) is 63.4 cm³/mol. The van der Waals surface area contributed by atoms with E-state index in [1.807, 2.05) is 0 Å². The van der Waals surface area contributed by atoms with E-state index in [2.05, 4.69) is 27.7 Å². The molecule has 0 rings (SSSR count). The van der Waals surface area contributed by atoms with Gasteiger partial charge in [0.1, 0.15) is 0 Å². The monoisotopic (exact) mass is 200 g/mol. The van der Waals surface area contributed by atoms with Crippen LogP contribution in [0.25, 0.3) is 0 Å². The minimum atomic E-state index is 0.359. The van der Waals surface area contributed by atoms with Crippen LogP contribution in [0.3, 0.4) is 0 Å². The summed E-state index contributed by atoms with van der Waals surface area (Å²) in [6.07, 6.45) is 7.50. The summed E-state index contributed by atoms with van der Waals surface area (Å²) in [4.78, 5) is 0. The number of aliphatic hydroxyl groups excluding tert-OH is 1. The van der Waals surface area contributed by atoms with E-state index in [0.717, 1.165) is 12.3 Å². The fourth-order valence-electron chi connectivity index (χ4n) is 1.82. The molecule has 0 radical (unpaired) electrons. The van der Waals surface area contributed by atoms with Gasteiger partial charge < -0.3 is 5.11 Å². The van der Waals surface area contributed by atoms with E-state index in [0.29, 0.717) is 12.0 Å². The maximum absolute atomic E-state index is 8.85. The molecule has 0 aromatic heterocycles. The number of hydrogen-bond donors (Lipinski definition) is 1. The highest BCUT2D eigenvalue weighted by molar-refractivity contribution is 4.63. The summed E-state index contributed by atoms with van der Waals surface area (Å²) in [5, 5.41) is 8.85. The molecule has 0 aliphatic carbocycles. The zero-order valence-corrected chi connectivity index (χ0v) is 10.5. The fourth-order valence-corrected chi connectivity index (χ4v) is 1.82. The maximum Gasteiger partial charge on any atom is 0.0433 e. The minimum absolute atomic E-state index is 0.359. The Balaban J connectivity index is 3.42. The first-order valence-electron chi connectivity index (χ1n) is 6.10. The second-order valence-electron chi connectivity index (χ2n) is 5.59. The van der Waals surface area contributed by atoms with Crippen molar-refractivity contribution in [2.75, 3.05) is 6.61 Å². The van der Waals surface area contributed by atoms with Crippen LogP contribution in [0.4, 0.5) is 0 Å². The SMILES string of the molecule is CC[C@@H](CCO)CCCCC(C)(C)C. The zero-order valence-electron chi connectivity index (χ0n) is 10.5. The second kappa shape index (κ2) is 7.28. The summed E-state index contributed by atoms with van der Waals surface area (Å²) in [5.74, 6) is 0.750. The van der Waals surface area contributed by atoms with Crippen molar-refractivity contribution in [2.24, 2.45) is 11.3 Å². The van der Waals surface area contributed by atoms with Gasteiger partial charge in [-0.1, -0.05) is 53.4 Å². The Morgan fingerprint density at radius 2 is 1.71 bits per heavy atom. The van der Waals surface area contributed by atoms with Crippen LogP contribution in [0, 0.1) is 11.3 Å². The van der Waals surface area contributed by atoms with Crippen LogP contribution in [0.1, 0.15) is 66.2 Å². The molecule has 86 valence electrons. The van der Waals surface area contributed by atoms with E-state index in [1.54, 1.807) is 0 Å². The first-order chi connectivity index (χ1) is 6.49. The van der Waals surface area contributed by atoms with E-state index < -0.39 is 0 Å². The van der Waals surface area contributed by atoms with Crippen molar-refractivity contribution in [3.8, 4) is 0 Å². The third-order valence-corrected chi connectivity index (χ3v) is 2.90. The summed E-state index contributed by atoms with van der Waals surface area (Å²) in [6, 6.07) is 0. The highest BCUT2D eigenvalue weighted by Crippen LogP contribution is 2.24. The lowest BCUT2D eigenvalue weighted by Crippen LogP contribution is -2.06. The topological polar surface area (TPSA) is 20.2 Å². The normalized spacial score (nSPS) is 14.4. The van der Waals surface area contributed by atoms with Gasteiger partial charge in [0.05, 0.1) is 0 Å². The van der Waals surface area contributed by atoms with Gasteiger partial charge in [-0.25, -0.2) is 0 Å². The average molecular weight is 200 g/mol. The molecule has 0 unspecified atom stereocenters. The highest BCUT2D eigenvalue weighted by Gasteiger charge is 2.10. The number of unbranched alkanes of at least 4 members (excludes halogenated alkanes) is 1. The fraction of sp³-hybridized carbons (Fsp3) is 1.00. The average Bonchev–Trinajstić information content (AvgIpc) is 2.08. The molecule has 14 heavy (non-hydrogen) atoms. The second-order valence-corrected chi connectivity index (χ2v) is 5.59. The molecule has 1 atom stereocenters. The molecule has 0 aliphatic rings. The third-order valence-electron chi connectivity index (χ3n) is 2.90. The van der Waals surface area contributed by atoms with Crippen LogP contribution >= 0.6 is 0 Å². The molecule has 0 saturated heterocycles. The molecule has 0 spiro atoms. The smallest absolute Gasteiger partial charge is 0.0433 e. The van der Waals surface area contributed by atoms with Crippen LogP contribution in [-0.2, 0) is 0 Å². The van der Waals surface area contributed by atoms with Crippen molar-refractivity contribution in [3.05, 3.63) is 0 Å². The standard InChI is InChI=1S/C13H28O/c1-5-12(9-11-14)8-6-7-10-13(2,3)4/h12,14H,5-11H2,1-4H3/t12-/m1/s1. The van der Waals surface area contributed by atoms with Crippen molar-refractivity contribution >= 4 is 0 Å². The van der Waals surface area contributed by atoms with E-state index >= 15 is 0 Å². The van der Waals surface area contributed by atoms with Gasteiger partial charge in [0.15, 0.2) is 0 Å². The van der Waals surface area contributed by atoms with Crippen LogP contribution in [0.15, 0.2) is 0 Å². The van der Waals surface area contributed by atoms with Gasteiger partial charge in [0, 0.05) is 6.61 Å². The molecular formula is C13H28O. The van der Waals surface area contributed by atoms with E-state index in [4.69, 9.17) is 5.11 Å². The Bertz CT molecular complexity index is 124. The zero-order chi connectivity index (χ0) is 11.0. The Morgan fingerprint density at radius 3 is 2.14 bits per heavy atom. The van der Waals surface area contributed by atoms with Crippen LogP contribution in [0.5, 0.6) is 0 Å². The van der Waals surface area contributed by atoms with E-state index in [1.165, 1.54) is 32.1 Å². The molecule has 0 fully saturated rings. The molecule has 1 N–H and O–H groups in total. The number of rotatable bonds is 7. The van der Waals surface area contributed by atoms with Gasteiger partial charge in [-0.15, -0.1) is 0 Å². The molecule has 0 heterocycles. The van der Waals surface area contributed by atoms with Crippen molar-refractivity contribution in [2.45, 2.75) is 66.2 Å². The lowest BCUT2D eigenvalue weighted by atomic mass is 9.88. The highest BCUT2D eigenvalue weighted by atomic mass is 16.3. The Hall–Kier alpha value is -0.0400. The molecule has 1 heteroatoms. The first-order valence-corrected chi connectivity index (χ1v) is 6.10. The van der Waals surface area contributed by atoms with Crippen LogP contribution in [-0.4, -0.2) is 11.7 Å². The number of hydrogen-bond acceptors (Lipinski definition) is 1. The summed E-state index contributed by atoms with van der Waals surface area (Å²) in [6.45, 7) is 9.50. The molecule has 0 bridgehead atoms. The van der Waals surface area contributed by atoms with Gasteiger partial charge in [-0.3, -0.25) is 0 Å². The quantitative estimate of drug-likeness (QED) is 0.616. The largest absolute Gasteiger partial charge is 0.396 e. The van der Waals surface area contributed by atoms with Gasteiger partial charge in [-0.05, 0) is 24.2 Å². The molecule has 0 aliphatic heterocycles. The molecular weight excluding hydrogens is 172 g/mol. The van der Waals surface area contributed by atoms with Gasteiger partial charge in [-0.2, -0.15) is 0 Å². The molecule has 0 amide bonds. The van der Waals surface area contributed by atoms with Gasteiger partial charge >= 0.3 is 0 Å². The van der Waals surface area contributed by atoms with Crippen molar-refractivity contribution in [3.63, 3.8) is 0 Å². The van der Waals surface area contributed by atoms with Gasteiger partial charge in [0.25, 0.3) is 0 Å². The molecule has 0 saturated carbocycles. The van der Waals surface area contributed by atoms with Gasteiger partial charge in [0.2, 0.25) is 0 Å². The summed E-state index contributed by atoms with van der Waals surface area (Å²) < 4.78 is 0. The van der Waals surface area contributed by atoms with Crippen molar-refractivity contribution < 1.29 is 5.11 Å². The summed E-state index contributed by atoms with van der Waals surface area (Å²) in [7, 11) is 0. The van der Waals surface area contributed by atoms with E-state index in [9.17, 15) is 0 Å². The maximum atomic E-state index is 8.85. The Labute approximate surface area is 89.9 Å². The van der Waals surface area contributed by atoms with E-state index in [-0.39, 0.29) is 0 Å². The Morgan fingerprint density at radius 1 is 1.07 bits per heavy atom. The first kappa shape index (κ1) is 14.0. The third kappa shape index (κ3) is 8.55. The van der Waals surface area contributed by atoms with Crippen LogP contribution < -0.4 is 0 Å². The summed E-state index contributed by atoms with van der Waals surface area (Å²) in [5.41, 5.74) is 0.485. The molecule has 0 aromatic rings. The van der Waals surface area contributed by atoms with Crippen molar-refractivity contribution in [1.82, 2.24) is 0 Å². The summed E-state index contributed by atoms with van der Waals surface area (Å²) >= 11 is 0. The lowest BCUT2D eigenvalue weighted by Gasteiger charge is -2.19. The predicted octanol–water partition coefficient (Wildman–Crippen LogP) is 4.00. The van der Waals surface area contributed by atoms with Crippen molar-refractivity contribution in [1.29, 1.82) is 0 Å². The minimum Gasteiger partial charge on any atom is -0.396 e. The Kier molecular flexibility index (Phi) is 7.26. The molecule has 0 aromatic carbocycles.